The van der Waals surface area contributed by atoms with Crippen LogP contribution in [0.4, 0.5) is 0 Å². The van der Waals surface area contributed by atoms with Gasteiger partial charge in [0.1, 0.15) is 0 Å². The molecule has 0 spiro atoms. The molecule has 0 aliphatic carbocycles. The SMILES string of the molecule is C=C(C)CNC(C)CC(=O)O. The van der Waals surface area contributed by atoms with E-state index in [2.05, 4.69) is 11.9 Å². The molecule has 0 bridgehead atoms. The number of carboxylic acid groups (broad SMARTS) is 1. The van der Waals surface area contributed by atoms with Crippen LogP contribution in [0.3, 0.4) is 0 Å². The lowest BCUT2D eigenvalue weighted by atomic mass is 10.2. The van der Waals surface area contributed by atoms with Gasteiger partial charge in [0.15, 0.2) is 0 Å². The fourth-order valence-corrected chi connectivity index (χ4v) is 0.683. The molecule has 11 heavy (non-hydrogen) atoms. The third kappa shape index (κ3) is 7.06. The average Bonchev–Trinajstić information content (AvgIpc) is 1.82. The van der Waals surface area contributed by atoms with E-state index in [1.165, 1.54) is 0 Å². The first-order valence-electron chi connectivity index (χ1n) is 3.62. The molecule has 2 N–H and O–H groups in total. The molecule has 64 valence electrons. The van der Waals surface area contributed by atoms with Gasteiger partial charge in [-0.05, 0) is 13.8 Å². The van der Waals surface area contributed by atoms with Gasteiger partial charge in [-0.1, -0.05) is 12.2 Å². The topological polar surface area (TPSA) is 49.3 Å². The highest BCUT2D eigenvalue weighted by atomic mass is 16.4. The number of hydrogen-bond donors (Lipinski definition) is 2. The molecule has 0 aliphatic rings. The Morgan fingerprint density at radius 3 is 2.64 bits per heavy atom. The molecule has 0 radical (unpaired) electrons. The second-order valence-electron chi connectivity index (χ2n) is 2.84. The van der Waals surface area contributed by atoms with Crippen LogP contribution in [-0.4, -0.2) is 23.7 Å². The van der Waals surface area contributed by atoms with Crippen LogP contribution in [0.25, 0.3) is 0 Å². The summed E-state index contributed by atoms with van der Waals surface area (Å²) in [5, 5.41) is 11.4. The molecule has 1 unspecified atom stereocenters. The van der Waals surface area contributed by atoms with Crippen molar-refractivity contribution in [1.29, 1.82) is 0 Å². The van der Waals surface area contributed by atoms with Crippen LogP contribution in [0.2, 0.25) is 0 Å². The van der Waals surface area contributed by atoms with Crippen LogP contribution in [0.5, 0.6) is 0 Å². The van der Waals surface area contributed by atoms with Crippen molar-refractivity contribution in [3.05, 3.63) is 12.2 Å². The van der Waals surface area contributed by atoms with Crippen molar-refractivity contribution in [2.75, 3.05) is 6.54 Å². The van der Waals surface area contributed by atoms with E-state index in [0.29, 0.717) is 6.54 Å². The van der Waals surface area contributed by atoms with Crippen molar-refractivity contribution in [3.63, 3.8) is 0 Å². The van der Waals surface area contributed by atoms with E-state index >= 15 is 0 Å². The van der Waals surface area contributed by atoms with Crippen molar-refractivity contribution in [2.24, 2.45) is 0 Å². The molecule has 3 heteroatoms. The minimum absolute atomic E-state index is 0.0178. The number of hydrogen-bond acceptors (Lipinski definition) is 2. The van der Waals surface area contributed by atoms with E-state index in [1.807, 2.05) is 13.8 Å². The lowest BCUT2D eigenvalue weighted by Crippen LogP contribution is -2.29. The number of carboxylic acids is 1. The predicted octanol–water partition coefficient (Wildman–Crippen LogP) is 1.02. The summed E-state index contributed by atoms with van der Waals surface area (Å²) in [6.07, 6.45) is 0.160. The summed E-state index contributed by atoms with van der Waals surface area (Å²) in [5.41, 5.74) is 1.02. The predicted molar refractivity (Wildman–Crippen MR) is 44.5 cm³/mol. The highest BCUT2D eigenvalue weighted by molar-refractivity contribution is 5.67. The fourth-order valence-electron chi connectivity index (χ4n) is 0.683. The van der Waals surface area contributed by atoms with Gasteiger partial charge in [-0.2, -0.15) is 0 Å². The van der Waals surface area contributed by atoms with Gasteiger partial charge in [0.25, 0.3) is 0 Å². The zero-order chi connectivity index (χ0) is 8.85. The summed E-state index contributed by atoms with van der Waals surface area (Å²) in [4.78, 5) is 10.2. The van der Waals surface area contributed by atoms with E-state index in [9.17, 15) is 4.79 Å². The summed E-state index contributed by atoms with van der Waals surface area (Å²) in [7, 11) is 0. The number of nitrogens with one attached hydrogen (secondary N) is 1. The minimum atomic E-state index is -0.772. The van der Waals surface area contributed by atoms with E-state index in [0.717, 1.165) is 5.57 Å². The number of rotatable bonds is 5. The quantitative estimate of drug-likeness (QED) is 0.586. The summed E-state index contributed by atoms with van der Waals surface area (Å²) in [6.45, 7) is 8.13. The standard InChI is InChI=1S/C8H15NO2/c1-6(2)5-9-7(3)4-8(10)11/h7,9H,1,4-5H2,2-3H3,(H,10,11). The lowest BCUT2D eigenvalue weighted by Gasteiger charge is -2.10. The van der Waals surface area contributed by atoms with Crippen LogP contribution >= 0.6 is 0 Å². The molecule has 0 saturated heterocycles. The second kappa shape index (κ2) is 4.91. The highest BCUT2D eigenvalue weighted by Gasteiger charge is 2.05. The van der Waals surface area contributed by atoms with Gasteiger partial charge in [-0.15, -0.1) is 0 Å². The Balaban J connectivity index is 3.44. The third-order valence-electron chi connectivity index (χ3n) is 1.23. The van der Waals surface area contributed by atoms with E-state index in [-0.39, 0.29) is 12.5 Å². The smallest absolute Gasteiger partial charge is 0.304 e. The maximum atomic E-state index is 10.2. The zero-order valence-electron chi connectivity index (χ0n) is 7.05. The lowest BCUT2D eigenvalue weighted by molar-refractivity contribution is -0.137. The van der Waals surface area contributed by atoms with E-state index in [1.54, 1.807) is 0 Å². The summed E-state index contributed by atoms with van der Waals surface area (Å²) in [6, 6.07) is 0.0178. The Morgan fingerprint density at radius 1 is 1.73 bits per heavy atom. The van der Waals surface area contributed by atoms with Gasteiger partial charge in [0, 0.05) is 12.6 Å². The van der Waals surface area contributed by atoms with Gasteiger partial charge in [-0.25, -0.2) is 0 Å². The first-order valence-corrected chi connectivity index (χ1v) is 3.62. The Labute approximate surface area is 67.1 Å². The highest BCUT2D eigenvalue weighted by Crippen LogP contribution is 1.91. The second-order valence-corrected chi connectivity index (χ2v) is 2.84. The molecule has 0 heterocycles. The Bertz CT molecular complexity index is 154. The van der Waals surface area contributed by atoms with Crippen LogP contribution < -0.4 is 5.32 Å². The van der Waals surface area contributed by atoms with Crippen molar-refractivity contribution < 1.29 is 9.90 Å². The molecule has 0 aromatic carbocycles. The molecule has 0 aromatic heterocycles. The van der Waals surface area contributed by atoms with Crippen LogP contribution in [0.1, 0.15) is 20.3 Å². The van der Waals surface area contributed by atoms with Crippen molar-refractivity contribution in [3.8, 4) is 0 Å². The van der Waals surface area contributed by atoms with Crippen LogP contribution in [0, 0.1) is 0 Å². The van der Waals surface area contributed by atoms with Gasteiger partial charge in [0.2, 0.25) is 0 Å². The van der Waals surface area contributed by atoms with E-state index in [4.69, 9.17) is 5.11 Å². The normalized spacial score (nSPS) is 12.5. The molecule has 3 nitrogen and oxygen atoms in total. The summed E-state index contributed by atoms with van der Waals surface area (Å²) < 4.78 is 0. The summed E-state index contributed by atoms with van der Waals surface area (Å²) >= 11 is 0. The Hall–Kier alpha value is -0.830. The van der Waals surface area contributed by atoms with Crippen molar-refractivity contribution in [2.45, 2.75) is 26.3 Å². The van der Waals surface area contributed by atoms with Gasteiger partial charge in [-0.3, -0.25) is 4.79 Å². The molecule has 0 saturated carbocycles. The zero-order valence-corrected chi connectivity index (χ0v) is 7.05. The van der Waals surface area contributed by atoms with Crippen molar-refractivity contribution >= 4 is 5.97 Å². The molecule has 0 amide bonds. The number of aliphatic carboxylic acids is 1. The minimum Gasteiger partial charge on any atom is -0.481 e. The van der Waals surface area contributed by atoms with E-state index < -0.39 is 5.97 Å². The Kier molecular flexibility index (Phi) is 4.54. The maximum absolute atomic E-state index is 10.2. The average molecular weight is 157 g/mol. The fraction of sp³-hybridized carbons (Fsp3) is 0.625. The van der Waals surface area contributed by atoms with Gasteiger partial charge >= 0.3 is 5.97 Å². The van der Waals surface area contributed by atoms with Crippen LogP contribution in [-0.2, 0) is 4.79 Å². The van der Waals surface area contributed by atoms with Crippen LogP contribution in [0.15, 0.2) is 12.2 Å². The molecule has 1 atom stereocenters. The first-order chi connectivity index (χ1) is 5.02. The molecule has 0 aliphatic heterocycles. The molecule has 0 aromatic rings. The third-order valence-corrected chi connectivity index (χ3v) is 1.23. The molecular weight excluding hydrogens is 142 g/mol. The molecule has 0 rings (SSSR count). The number of carbonyl (C=O) groups is 1. The largest absolute Gasteiger partial charge is 0.481 e. The molecule has 0 fully saturated rings. The maximum Gasteiger partial charge on any atom is 0.304 e. The Morgan fingerprint density at radius 2 is 2.27 bits per heavy atom. The van der Waals surface area contributed by atoms with Gasteiger partial charge < -0.3 is 10.4 Å². The van der Waals surface area contributed by atoms with Gasteiger partial charge in [0.05, 0.1) is 6.42 Å². The first kappa shape index (κ1) is 10.2. The van der Waals surface area contributed by atoms with Crippen molar-refractivity contribution in [1.82, 2.24) is 5.32 Å². The monoisotopic (exact) mass is 157 g/mol. The molecular formula is C8H15NO2. The summed E-state index contributed by atoms with van der Waals surface area (Å²) in [5.74, 6) is -0.772.